The highest BCUT2D eigenvalue weighted by Gasteiger charge is 2.54. The number of ether oxygens (including phenoxy) is 7. The van der Waals surface area contributed by atoms with E-state index in [0.29, 0.717) is 6.42 Å². The number of halogens is 1. The van der Waals surface area contributed by atoms with Gasteiger partial charge in [-0.25, -0.2) is 0 Å². The molecule has 0 spiro atoms. The molecule has 3 fully saturated rings. The predicted octanol–water partition coefficient (Wildman–Crippen LogP) is 4.88. The van der Waals surface area contributed by atoms with Gasteiger partial charge >= 0.3 is 5.97 Å². The van der Waals surface area contributed by atoms with Gasteiger partial charge in [-0.2, -0.15) is 0 Å². The summed E-state index contributed by atoms with van der Waals surface area (Å²) in [5, 5.41) is 61.0. The molecule has 344 valence electrons. The molecule has 4 rings (SSSR count). The molecule has 0 unspecified atom stereocenters. The van der Waals surface area contributed by atoms with Crippen LogP contribution in [0, 0.1) is 27.2 Å². The summed E-state index contributed by atoms with van der Waals surface area (Å²) < 4.78 is 46.6. The summed E-state index contributed by atoms with van der Waals surface area (Å²) >= 11 is 2.24. The lowest BCUT2D eigenvalue weighted by molar-refractivity contribution is -0.321. The maximum atomic E-state index is 14.5. The monoisotopic (exact) mass is 964 g/mol. The van der Waals surface area contributed by atoms with Gasteiger partial charge in [-0.1, -0.05) is 45.0 Å². The van der Waals surface area contributed by atoms with Crippen LogP contribution in [0.25, 0.3) is 0 Å². The first-order chi connectivity index (χ1) is 27.9. The Morgan fingerprint density at radius 2 is 1.62 bits per heavy atom. The molecule has 3 saturated heterocycles. The molecule has 0 radical (unpaired) electrons. The Morgan fingerprint density at radius 3 is 2.20 bits per heavy atom. The normalized spacial score (nSPS) is 44.7. The number of cyclic esters (lactones) is 1. The van der Waals surface area contributed by atoms with Crippen LogP contribution in [0.5, 0.6) is 0 Å². The van der Waals surface area contributed by atoms with Crippen molar-refractivity contribution in [2.45, 2.75) is 186 Å². The minimum absolute atomic E-state index is 0.113. The van der Waals surface area contributed by atoms with Gasteiger partial charge < -0.3 is 63.7 Å². The minimum Gasteiger partial charge on any atom is -0.459 e. The van der Waals surface area contributed by atoms with Crippen LogP contribution in [-0.2, 0) is 44.6 Å². The lowest BCUT2D eigenvalue weighted by Gasteiger charge is -2.50. The summed E-state index contributed by atoms with van der Waals surface area (Å²) in [5.41, 5.74) is -3.27. The fourth-order valence-electron chi connectivity index (χ4n) is 9.60. The average molecular weight is 965 g/mol. The summed E-state index contributed by atoms with van der Waals surface area (Å²) in [6.07, 6.45) is -8.93. The highest BCUT2D eigenvalue weighted by Crippen LogP contribution is 2.42. The number of oxime groups is 1. The van der Waals surface area contributed by atoms with Crippen LogP contribution in [-0.4, -0.2) is 148 Å². The van der Waals surface area contributed by atoms with E-state index in [4.69, 9.17) is 33.2 Å². The fraction of sp³-hybridized carbons (Fsp3) is 0.818. The van der Waals surface area contributed by atoms with E-state index in [1.165, 1.54) is 14.0 Å². The van der Waals surface area contributed by atoms with E-state index < -0.39 is 102 Å². The van der Waals surface area contributed by atoms with Crippen LogP contribution < -0.4 is 0 Å². The van der Waals surface area contributed by atoms with Gasteiger partial charge in [-0.3, -0.25) is 4.79 Å². The van der Waals surface area contributed by atoms with E-state index >= 15 is 0 Å². The van der Waals surface area contributed by atoms with E-state index in [2.05, 4.69) is 27.7 Å². The Hall–Kier alpha value is -1.55. The standard InChI is InChI=1S/C44H73IN2O13/c1-14-32-44(10,52)37(49)25(4)34(46-53)23(2)20-43(9,55-22-29-16-15-17-30(45)19-29)39(60-41-35(48)31(47(11)12)18-24(3)56-41)26(5)36(27(6)40(51)58-32)59-33-21-42(8,54-13)38(50)28(7)57-33/h15-17,19,23-28,31-33,35-39,41,48-50,52-53H,14,18,20-22H2,1-13H3/b46-34+/t23-,24-,25+,26+,27-,28+,31+,32-,33+,35-,36+,37-,38+,39-,41+,42-,43+,44-/m1/s1. The molecule has 0 bridgehead atoms. The molecular weight excluding hydrogens is 891 g/mol. The molecule has 0 amide bonds. The molecule has 0 saturated carbocycles. The van der Waals surface area contributed by atoms with Crippen LogP contribution in [0.2, 0.25) is 0 Å². The molecule has 1 aromatic carbocycles. The number of likely N-dealkylation sites (N-methyl/N-ethyl adjacent to an activating group) is 1. The molecule has 18 atom stereocenters. The first-order valence-corrected chi connectivity index (χ1v) is 22.4. The van der Waals surface area contributed by atoms with Gasteiger partial charge in [0.05, 0.1) is 60.0 Å². The van der Waals surface area contributed by atoms with E-state index in [9.17, 15) is 30.4 Å². The van der Waals surface area contributed by atoms with Gasteiger partial charge in [0.1, 0.15) is 23.9 Å². The average Bonchev–Trinajstić information content (AvgIpc) is 3.19. The van der Waals surface area contributed by atoms with E-state index in [-0.39, 0.29) is 43.7 Å². The Bertz CT molecular complexity index is 1590. The van der Waals surface area contributed by atoms with E-state index in [1.54, 1.807) is 34.6 Å². The molecule has 0 aliphatic carbocycles. The molecule has 0 aromatic heterocycles. The number of hydrogen-bond acceptors (Lipinski definition) is 15. The third-order valence-corrected chi connectivity index (χ3v) is 14.1. The molecule has 3 heterocycles. The van der Waals surface area contributed by atoms with E-state index in [0.717, 1.165) is 9.13 Å². The molecule has 3 aliphatic rings. The summed E-state index contributed by atoms with van der Waals surface area (Å²) in [5.74, 6) is -4.00. The van der Waals surface area contributed by atoms with Gasteiger partial charge in [-0.05, 0) is 115 Å². The van der Waals surface area contributed by atoms with Gasteiger partial charge in [0.25, 0.3) is 0 Å². The van der Waals surface area contributed by atoms with Gasteiger partial charge in [0.2, 0.25) is 0 Å². The Balaban J connectivity index is 1.97. The Morgan fingerprint density at radius 1 is 0.950 bits per heavy atom. The van der Waals surface area contributed by atoms with Gasteiger partial charge in [-0.15, -0.1) is 0 Å². The summed E-state index contributed by atoms with van der Waals surface area (Å²) in [4.78, 5) is 16.4. The van der Waals surface area contributed by atoms with Crippen molar-refractivity contribution in [3.63, 3.8) is 0 Å². The predicted molar refractivity (Wildman–Crippen MR) is 232 cm³/mol. The van der Waals surface area contributed by atoms with Crippen molar-refractivity contribution >= 4 is 34.3 Å². The highest BCUT2D eigenvalue weighted by atomic mass is 127. The van der Waals surface area contributed by atoms with Crippen LogP contribution in [0.4, 0.5) is 0 Å². The maximum absolute atomic E-state index is 14.5. The van der Waals surface area contributed by atoms with Crippen molar-refractivity contribution in [3.05, 3.63) is 33.4 Å². The number of rotatable bonds is 10. The van der Waals surface area contributed by atoms with Crippen LogP contribution in [0.3, 0.4) is 0 Å². The number of nitrogens with zero attached hydrogens (tertiary/aromatic N) is 2. The second-order valence-corrected chi connectivity index (χ2v) is 19.7. The zero-order chi connectivity index (χ0) is 45.1. The maximum Gasteiger partial charge on any atom is 0.311 e. The topological polar surface area (TPSA) is 198 Å². The molecule has 16 heteroatoms. The quantitative estimate of drug-likeness (QED) is 0.0921. The smallest absolute Gasteiger partial charge is 0.311 e. The van der Waals surface area contributed by atoms with Crippen molar-refractivity contribution in [1.29, 1.82) is 0 Å². The molecule has 1 aromatic rings. The number of benzene rings is 1. The largest absolute Gasteiger partial charge is 0.459 e. The zero-order valence-electron chi connectivity index (χ0n) is 37.8. The lowest BCUT2D eigenvalue weighted by Crippen LogP contribution is -2.61. The number of carbonyl (C=O) groups is 1. The lowest BCUT2D eigenvalue weighted by atomic mass is 9.73. The van der Waals surface area contributed by atoms with Crippen LogP contribution in [0.1, 0.15) is 100 Å². The van der Waals surface area contributed by atoms with Crippen molar-refractivity contribution in [2.75, 3.05) is 21.2 Å². The fourth-order valence-corrected chi connectivity index (χ4v) is 10.2. The number of aliphatic hydroxyl groups excluding tert-OH is 3. The Labute approximate surface area is 370 Å². The molecule has 5 N–H and O–H groups in total. The number of carbonyl (C=O) groups excluding carboxylic acids is 1. The van der Waals surface area contributed by atoms with Crippen molar-refractivity contribution < 1.29 is 63.6 Å². The molecule has 60 heavy (non-hydrogen) atoms. The highest BCUT2D eigenvalue weighted by molar-refractivity contribution is 14.1. The third kappa shape index (κ3) is 11.4. The Kier molecular flexibility index (Phi) is 17.8. The number of hydrogen-bond donors (Lipinski definition) is 5. The number of aliphatic hydroxyl groups is 4. The van der Waals surface area contributed by atoms with Gasteiger partial charge in [0.15, 0.2) is 12.6 Å². The zero-order valence-corrected chi connectivity index (χ0v) is 39.9. The minimum atomic E-state index is -1.96. The number of methoxy groups -OCH3 is 1. The first kappa shape index (κ1) is 51.1. The summed E-state index contributed by atoms with van der Waals surface area (Å²) in [6.45, 7) is 17.6. The number of esters is 1. The van der Waals surface area contributed by atoms with Crippen molar-refractivity contribution in [3.8, 4) is 0 Å². The molecule has 15 nitrogen and oxygen atoms in total. The van der Waals surface area contributed by atoms with E-state index in [1.807, 2.05) is 71.0 Å². The van der Waals surface area contributed by atoms with Crippen molar-refractivity contribution in [1.82, 2.24) is 4.90 Å². The van der Waals surface area contributed by atoms with Crippen molar-refractivity contribution in [2.24, 2.45) is 28.8 Å². The SMILES string of the molecule is CC[C@H]1OC(=O)[C@H](C)[C@@H](O[C@H]2C[C@@](C)(OC)[C@@H](O)[C@H](C)O2)[C@H](C)[C@@H](O[C@@H]2O[C@H](C)C[C@H](N(C)C)[C@H]2O)[C@@](C)(OCc2cccc(I)c2)C[C@@H](C)/C(=N\O)[C@H](C)[C@@H](O)[C@]1(C)O. The second kappa shape index (κ2) is 21.0. The molecule has 3 aliphatic heterocycles. The second-order valence-electron chi connectivity index (χ2n) is 18.5. The van der Waals surface area contributed by atoms with Crippen LogP contribution >= 0.6 is 22.6 Å². The third-order valence-electron chi connectivity index (χ3n) is 13.4. The molecular formula is C44H73IN2O13. The van der Waals surface area contributed by atoms with Crippen LogP contribution in [0.15, 0.2) is 29.4 Å². The summed E-state index contributed by atoms with van der Waals surface area (Å²) in [7, 11) is 5.29. The first-order valence-electron chi connectivity index (χ1n) is 21.3. The van der Waals surface area contributed by atoms with Gasteiger partial charge in [0, 0.05) is 40.9 Å². The summed E-state index contributed by atoms with van der Waals surface area (Å²) in [6, 6.07) is 7.56.